The van der Waals surface area contributed by atoms with Crippen LogP contribution in [-0.4, -0.2) is 61.5 Å². The number of guanidine groups is 1. The number of rotatable bonds is 4. The maximum atomic E-state index is 12.3. The monoisotopic (exact) mass is 366 g/mol. The lowest BCUT2D eigenvalue weighted by molar-refractivity contribution is -0.132. The van der Waals surface area contributed by atoms with Crippen LogP contribution in [-0.2, 0) is 4.74 Å². The van der Waals surface area contributed by atoms with Gasteiger partial charge in [-0.3, -0.25) is 4.99 Å². The molecular formula is C16H29F3N4O2. The van der Waals surface area contributed by atoms with E-state index < -0.39 is 18.2 Å². The predicted octanol–water partition coefficient (Wildman–Crippen LogP) is 2.89. The van der Waals surface area contributed by atoms with Gasteiger partial charge in [0.15, 0.2) is 5.96 Å². The van der Waals surface area contributed by atoms with Crippen LogP contribution in [0.3, 0.4) is 0 Å². The molecule has 25 heavy (non-hydrogen) atoms. The second-order valence-electron chi connectivity index (χ2n) is 7.07. The average Bonchev–Trinajstić information content (AvgIpc) is 2.48. The van der Waals surface area contributed by atoms with Crippen molar-refractivity contribution in [3.63, 3.8) is 0 Å². The fraction of sp³-hybridized carbons (Fsp3) is 0.875. The molecule has 1 unspecified atom stereocenters. The number of ether oxygens (including phenoxy) is 1. The molecule has 0 aromatic rings. The Hall–Kier alpha value is -1.67. The summed E-state index contributed by atoms with van der Waals surface area (Å²) in [6.45, 7) is 6.22. The van der Waals surface area contributed by atoms with Crippen LogP contribution in [0.15, 0.2) is 4.99 Å². The number of carbonyl (C=O) groups is 1. The number of alkyl halides is 3. The smallest absolute Gasteiger partial charge is 0.410 e. The topological polar surface area (TPSA) is 66.0 Å². The summed E-state index contributed by atoms with van der Waals surface area (Å²) in [7, 11) is 1.50. The molecule has 1 amide bonds. The second-order valence-corrected chi connectivity index (χ2v) is 7.07. The highest BCUT2D eigenvalue weighted by Crippen LogP contribution is 2.20. The summed E-state index contributed by atoms with van der Waals surface area (Å²) in [6, 6.07) is -0.0789. The van der Waals surface area contributed by atoms with Gasteiger partial charge < -0.3 is 20.3 Å². The Kier molecular flexibility index (Phi) is 7.82. The van der Waals surface area contributed by atoms with Crippen LogP contribution >= 0.6 is 0 Å². The number of likely N-dealkylation sites (tertiary alicyclic amines) is 1. The number of piperidine rings is 1. The normalized spacial score (nSPS) is 19.6. The van der Waals surface area contributed by atoms with Crippen molar-refractivity contribution in [2.24, 2.45) is 4.99 Å². The van der Waals surface area contributed by atoms with Crippen molar-refractivity contribution in [3.05, 3.63) is 0 Å². The first kappa shape index (κ1) is 21.4. The van der Waals surface area contributed by atoms with E-state index in [1.54, 1.807) is 4.90 Å². The molecule has 146 valence electrons. The molecule has 0 saturated carbocycles. The largest absolute Gasteiger partial charge is 0.444 e. The Morgan fingerprint density at radius 3 is 2.48 bits per heavy atom. The number of hydrogen-bond acceptors (Lipinski definition) is 3. The van der Waals surface area contributed by atoms with Crippen LogP contribution in [0.5, 0.6) is 0 Å². The highest BCUT2D eigenvalue weighted by Gasteiger charge is 2.30. The van der Waals surface area contributed by atoms with E-state index in [1.165, 1.54) is 7.05 Å². The highest BCUT2D eigenvalue weighted by molar-refractivity contribution is 5.79. The number of halogens is 3. The van der Waals surface area contributed by atoms with Crippen LogP contribution in [0.2, 0.25) is 0 Å². The molecule has 1 aliphatic heterocycles. The Morgan fingerprint density at radius 2 is 1.92 bits per heavy atom. The molecule has 0 aromatic heterocycles. The Bertz CT molecular complexity index is 461. The number of aliphatic imine (C=N–C) groups is 1. The summed E-state index contributed by atoms with van der Waals surface area (Å²) in [5.41, 5.74) is -0.568. The van der Waals surface area contributed by atoms with Crippen molar-refractivity contribution in [3.8, 4) is 0 Å². The Morgan fingerprint density at radius 1 is 1.24 bits per heavy atom. The Labute approximate surface area is 147 Å². The molecule has 9 heteroatoms. The number of carbonyl (C=O) groups excluding carboxylic acids is 1. The lowest BCUT2D eigenvalue weighted by Gasteiger charge is -2.37. The number of hydrogen-bond donors (Lipinski definition) is 2. The molecule has 2 N–H and O–H groups in total. The van der Waals surface area contributed by atoms with Gasteiger partial charge in [0.2, 0.25) is 0 Å². The third-order valence-electron chi connectivity index (χ3n) is 3.68. The summed E-state index contributed by atoms with van der Waals surface area (Å²) >= 11 is 0. The first-order chi connectivity index (χ1) is 11.5. The first-order valence-electron chi connectivity index (χ1n) is 8.53. The summed E-state index contributed by atoms with van der Waals surface area (Å²) in [5.74, 6) is 0.291. The van der Waals surface area contributed by atoms with Crippen molar-refractivity contribution in [1.82, 2.24) is 15.5 Å². The third-order valence-corrected chi connectivity index (χ3v) is 3.68. The molecule has 0 aliphatic carbocycles. The summed E-state index contributed by atoms with van der Waals surface area (Å²) < 4.78 is 42.0. The van der Waals surface area contributed by atoms with Gasteiger partial charge in [0, 0.05) is 26.7 Å². The number of amides is 1. The molecule has 1 rings (SSSR count). The molecule has 1 aliphatic rings. The van der Waals surface area contributed by atoms with E-state index in [1.807, 2.05) is 20.8 Å². The van der Waals surface area contributed by atoms with Gasteiger partial charge in [0.1, 0.15) is 5.60 Å². The zero-order chi connectivity index (χ0) is 19.1. The standard InChI is InChI=1S/C16H29F3N4O2/c1-15(2,3)25-14(24)23-10-6-5-7-12(23)11-22-13(20-4)21-9-8-16(17,18)19/h12H,5-11H2,1-4H3,(H2,20,21,22). The minimum atomic E-state index is -4.21. The zero-order valence-electron chi connectivity index (χ0n) is 15.4. The van der Waals surface area contributed by atoms with E-state index in [4.69, 9.17) is 4.74 Å². The average molecular weight is 366 g/mol. The van der Waals surface area contributed by atoms with E-state index in [-0.39, 0.29) is 18.7 Å². The lowest BCUT2D eigenvalue weighted by Crippen LogP contribution is -2.52. The number of nitrogens with zero attached hydrogens (tertiary/aromatic N) is 2. The minimum absolute atomic E-state index is 0.0789. The van der Waals surface area contributed by atoms with E-state index in [0.29, 0.717) is 19.0 Å². The van der Waals surface area contributed by atoms with Crippen LogP contribution < -0.4 is 10.6 Å². The summed E-state index contributed by atoms with van der Waals surface area (Å²) in [6.07, 6.45) is -2.78. The quantitative estimate of drug-likeness (QED) is 0.593. The van der Waals surface area contributed by atoms with Crippen molar-refractivity contribution in [2.75, 3.05) is 26.7 Å². The molecule has 0 bridgehead atoms. The van der Waals surface area contributed by atoms with Gasteiger partial charge in [-0.25, -0.2) is 4.79 Å². The molecule has 0 radical (unpaired) electrons. The lowest BCUT2D eigenvalue weighted by atomic mass is 10.0. The van der Waals surface area contributed by atoms with Gasteiger partial charge in [0.25, 0.3) is 0 Å². The second kappa shape index (κ2) is 9.15. The molecular weight excluding hydrogens is 337 g/mol. The fourth-order valence-electron chi connectivity index (χ4n) is 2.53. The first-order valence-corrected chi connectivity index (χ1v) is 8.53. The number of nitrogens with one attached hydrogen (secondary N) is 2. The highest BCUT2D eigenvalue weighted by atomic mass is 19.4. The molecule has 0 aromatic carbocycles. The van der Waals surface area contributed by atoms with Gasteiger partial charge in [-0.05, 0) is 40.0 Å². The third kappa shape index (κ3) is 8.83. The van der Waals surface area contributed by atoms with Crippen molar-refractivity contribution in [2.45, 2.75) is 64.3 Å². The van der Waals surface area contributed by atoms with Crippen LogP contribution in [0.4, 0.5) is 18.0 Å². The maximum Gasteiger partial charge on any atom is 0.410 e. The molecule has 0 spiro atoms. The van der Waals surface area contributed by atoms with Crippen molar-refractivity contribution < 1.29 is 22.7 Å². The van der Waals surface area contributed by atoms with Crippen molar-refractivity contribution in [1.29, 1.82) is 0 Å². The molecule has 1 heterocycles. The van der Waals surface area contributed by atoms with Gasteiger partial charge in [0.05, 0.1) is 12.5 Å². The van der Waals surface area contributed by atoms with Crippen LogP contribution in [0.25, 0.3) is 0 Å². The maximum absolute atomic E-state index is 12.3. The van der Waals surface area contributed by atoms with Crippen LogP contribution in [0, 0.1) is 0 Å². The van der Waals surface area contributed by atoms with Gasteiger partial charge in [-0.2, -0.15) is 13.2 Å². The SMILES string of the molecule is CN=C(NCCC(F)(F)F)NCC1CCCCN1C(=O)OC(C)(C)C. The molecule has 6 nitrogen and oxygen atoms in total. The molecule has 1 atom stereocenters. The minimum Gasteiger partial charge on any atom is -0.444 e. The molecule has 1 saturated heterocycles. The fourth-order valence-corrected chi connectivity index (χ4v) is 2.53. The Balaban J connectivity index is 2.52. The summed E-state index contributed by atoms with van der Waals surface area (Å²) in [5, 5.41) is 5.63. The van der Waals surface area contributed by atoms with E-state index in [0.717, 1.165) is 19.3 Å². The van der Waals surface area contributed by atoms with Gasteiger partial charge in [-0.15, -0.1) is 0 Å². The van der Waals surface area contributed by atoms with E-state index in [9.17, 15) is 18.0 Å². The van der Waals surface area contributed by atoms with E-state index >= 15 is 0 Å². The van der Waals surface area contributed by atoms with Crippen LogP contribution in [0.1, 0.15) is 46.5 Å². The molecule has 1 fully saturated rings. The predicted molar refractivity (Wildman–Crippen MR) is 90.6 cm³/mol. The van der Waals surface area contributed by atoms with Crippen molar-refractivity contribution >= 4 is 12.1 Å². The van der Waals surface area contributed by atoms with Gasteiger partial charge in [-0.1, -0.05) is 0 Å². The summed E-state index contributed by atoms with van der Waals surface area (Å²) in [4.78, 5) is 17.9. The zero-order valence-corrected chi connectivity index (χ0v) is 15.4. The van der Waals surface area contributed by atoms with E-state index in [2.05, 4.69) is 15.6 Å². The van der Waals surface area contributed by atoms with Gasteiger partial charge >= 0.3 is 12.3 Å².